The van der Waals surface area contributed by atoms with Crippen molar-refractivity contribution in [2.24, 2.45) is 0 Å². The lowest BCUT2D eigenvalue weighted by Gasteiger charge is -2.25. The molecule has 3 aliphatic rings. The molecule has 6 nitrogen and oxygen atoms in total. The molecule has 0 saturated carbocycles. The van der Waals surface area contributed by atoms with E-state index in [2.05, 4.69) is 17.5 Å². The van der Waals surface area contributed by atoms with Gasteiger partial charge in [0.2, 0.25) is 5.88 Å². The summed E-state index contributed by atoms with van der Waals surface area (Å²) < 4.78 is 11.3. The molecule has 2 aliphatic heterocycles. The smallest absolute Gasteiger partial charge is 0.220 e. The molecule has 1 aromatic rings. The quantitative estimate of drug-likeness (QED) is 0.813. The van der Waals surface area contributed by atoms with E-state index in [1.54, 1.807) is 0 Å². The van der Waals surface area contributed by atoms with Crippen molar-refractivity contribution in [1.82, 2.24) is 15.3 Å². The van der Waals surface area contributed by atoms with Gasteiger partial charge >= 0.3 is 0 Å². The van der Waals surface area contributed by atoms with Crippen LogP contribution in [0.3, 0.4) is 0 Å². The fraction of sp³-hybridized carbons (Fsp3) is 0.647. The van der Waals surface area contributed by atoms with Crippen molar-refractivity contribution in [3.63, 3.8) is 0 Å². The summed E-state index contributed by atoms with van der Waals surface area (Å²) in [7, 11) is 0. The van der Waals surface area contributed by atoms with Gasteiger partial charge in [-0.3, -0.25) is 0 Å². The highest BCUT2D eigenvalue weighted by molar-refractivity contribution is 5.34. The Bertz CT molecular complexity index is 605. The number of rotatable bonds is 3. The van der Waals surface area contributed by atoms with E-state index < -0.39 is 6.10 Å². The number of aliphatic hydroxyl groups excluding tert-OH is 1. The fourth-order valence-corrected chi connectivity index (χ4v) is 3.42. The predicted molar refractivity (Wildman–Crippen MR) is 84.4 cm³/mol. The number of aromatic nitrogens is 2. The van der Waals surface area contributed by atoms with Crippen molar-refractivity contribution in [3.8, 4) is 5.88 Å². The molecular weight excluding hydrogens is 294 g/mol. The van der Waals surface area contributed by atoms with Gasteiger partial charge in [-0.1, -0.05) is 12.2 Å². The summed E-state index contributed by atoms with van der Waals surface area (Å²) in [6.45, 7) is 1.59. The topological polar surface area (TPSA) is 76.5 Å². The maximum absolute atomic E-state index is 9.96. The van der Waals surface area contributed by atoms with Crippen LogP contribution in [-0.2, 0) is 17.6 Å². The molecule has 1 aliphatic carbocycles. The molecule has 0 radical (unpaired) electrons. The number of hydrogen-bond acceptors (Lipinski definition) is 6. The van der Waals surface area contributed by atoms with E-state index >= 15 is 0 Å². The summed E-state index contributed by atoms with van der Waals surface area (Å²) in [5, 5.41) is 13.4. The van der Waals surface area contributed by atoms with Crippen molar-refractivity contribution >= 4 is 0 Å². The van der Waals surface area contributed by atoms with E-state index in [1.165, 1.54) is 0 Å². The molecule has 1 fully saturated rings. The minimum Gasteiger partial charge on any atom is -0.469 e. The molecule has 0 bridgehead atoms. The molecule has 0 spiro atoms. The van der Waals surface area contributed by atoms with Gasteiger partial charge in [-0.25, -0.2) is 4.98 Å². The highest BCUT2D eigenvalue weighted by Crippen LogP contribution is 2.31. The van der Waals surface area contributed by atoms with Crippen molar-refractivity contribution in [2.75, 3.05) is 19.8 Å². The van der Waals surface area contributed by atoms with E-state index in [4.69, 9.17) is 19.4 Å². The van der Waals surface area contributed by atoms with Gasteiger partial charge in [-0.2, -0.15) is 4.98 Å². The number of hydrogen-bond donors (Lipinski definition) is 2. The summed E-state index contributed by atoms with van der Waals surface area (Å²) in [5.74, 6) is 1.45. The van der Waals surface area contributed by atoms with Crippen LogP contribution in [-0.4, -0.2) is 47.0 Å². The van der Waals surface area contributed by atoms with Gasteiger partial charge in [0.05, 0.1) is 24.9 Å². The van der Waals surface area contributed by atoms with Crippen LogP contribution in [0.15, 0.2) is 12.2 Å². The van der Waals surface area contributed by atoms with Gasteiger partial charge in [-0.15, -0.1) is 0 Å². The number of aliphatic hydroxyl groups is 1. The van der Waals surface area contributed by atoms with Crippen LogP contribution in [0.2, 0.25) is 0 Å². The zero-order valence-corrected chi connectivity index (χ0v) is 13.2. The van der Waals surface area contributed by atoms with Gasteiger partial charge in [0.15, 0.2) is 6.10 Å². The van der Waals surface area contributed by atoms with Crippen LogP contribution in [0.1, 0.15) is 42.4 Å². The third-order valence-electron chi connectivity index (χ3n) is 4.76. The first kappa shape index (κ1) is 15.1. The molecule has 1 aromatic heterocycles. The maximum atomic E-state index is 9.96. The Morgan fingerprint density at radius 1 is 1.17 bits per heavy atom. The summed E-state index contributed by atoms with van der Waals surface area (Å²) in [6, 6.07) is 0.138. The zero-order chi connectivity index (χ0) is 15.6. The normalized spacial score (nSPS) is 30.2. The second-order valence-corrected chi connectivity index (χ2v) is 6.45. The monoisotopic (exact) mass is 317 g/mol. The molecule has 6 heteroatoms. The molecule has 23 heavy (non-hydrogen) atoms. The van der Waals surface area contributed by atoms with Crippen LogP contribution in [0.4, 0.5) is 0 Å². The van der Waals surface area contributed by atoms with E-state index in [0.29, 0.717) is 19.1 Å². The number of fused-ring (bicyclic) bond motifs is 1. The molecule has 0 amide bonds. The highest BCUT2D eigenvalue weighted by atomic mass is 16.6. The predicted octanol–water partition coefficient (Wildman–Crippen LogP) is 1.08. The van der Waals surface area contributed by atoms with Crippen LogP contribution in [0.5, 0.6) is 5.88 Å². The average molecular weight is 317 g/mol. The molecule has 2 N–H and O–H groups in total. The third kappa shape index (κ3) is 3.11. The molecule has 124 valence electrons. The Morgan fingerprint density at radius 3 is 2.87 bits per heavy atom. The summed E-state index contributed by atoms with van der Waals surface area (Å²) in [6.07, 6.45) is 8.51. The minimum atomic E-state index is -0.580. The van der Waals surface area contributed by atoms with Gasteiger partial charge < -0.3 is 19.9 Å². The molecule has 4 rings (SSSR count). The lowest BCUT2D eigenvalue weighted by molar-refractivity contribution is 0.0690. The zero-order valence-electron chi connectivity index (χ0n) is 13.2. The van der Waals surface area contributed by atoms with Gasteiger partial charge in [0.25, 0.3) is 0 Å². The molecule has 3 heterocycles. The molecule has 0 aromatic carbocycles. The lowest BCUT2D eigenvalue weighted by Crippen LogP contribution is -2.32. The number of ether oxygens (including phenoxy) is 2. The first-order valence-electron chi connectivity index (χ1n) is 8.52. The van der Waals surface area contributed by atoms with Gasteiger partial charge in [-0.05, 0) is 32.1 Å². The second kappa shape index (κ2) is 6.55. The molecule has 1 saturated heterocycles. The molecule has 3 atom stereocenters. The van der Waals surface area contributed by atoms with Gasteiger partial charge in [0.1, 0.15) is 11.9 Å². The minimum absolute atomic E-state index is 0.138. The third-order valence-corrected chi connectivity index (χ3v) is 4.76. The van der Waals surface area contributed by atoms with Crippen LogP contribution < -0.4 is 10.1 Å². The van der Waals surface area contributed by atoms with Crippen LogP contribution in [0, 0.1) is 0 Å². The second-order valence-electron chi connectivity index (χ2n) is 6.45. The SMILES string of the molecule is O[C@@H]1COC[C@H]1Oc1nc(C2CC=CCN2)nc2c1CCCC2. The first-order chi connectivity index (χ1) is 11.3. The Kier molecular flexibility index (Phi) is 4.29. The number of nitrogens with zero attached hydrogens (tertiary/aromatic N) is 2. The highest BCUT2D eigenvalue weighted by Gasteiger charge is 2.31. The van der Waals surface area contributed by atoms with Crippen molar-refractivity contribution in [3.05, 3.63) is 29.2 Å². The van der Waals surface area contributed by atoms with E-state index in [9.17, 15) is 5.11 Å². The molecule has 1 unspecified atom stereocenters. The van der Waals surface area contributed by atoms with E-state index in [1.807, 2.05) is 0 Å². The Morgan fingerprint density at radius 2 is 2.09 bits per heavy atom. The van der Waals surface area contributed by atoms with Gasteiger partial charge in [0, 0.05) is 12.1 Å². The van der Waals surface area contributed by atoms with Crippen molar-refractivity contribution in [2.45, 2.75) is 50.4 Å². The van der Waals surface area contributed by atoms with Crippen molar-refractivity contribution in [1.29, 1.82) is 0 Å². The Balaban J connectivity index is 1.66. The average Bonchev–Trinajstić information content (AvgIpc) is 3.00. The van der Waals surface area contributed by atoms with Crippen LogP contribution in [0.25, 0.3) is 0 Å². The summed E-state index contributed by atoms with van der Waals surface area (Å²) in [5.41, 5.74) is 2.23. The Labute approximate surface area is 135 Å². The Hall–Kier alpha value is -1.50. The van der Waals surface area contributed by atoms with E-state index in [-0.39, 0.29) is 12.1 Å². The lowest BCUT2D eigenvalue weighted by atomic mass is 9.96. The van der Waals surface area contributed by atoms with E-state index in [0.717, 1.165) is 55.7 Å². The number of nitrogens with one attached hydrogen (secondary N) is 1. The maximum Gasteiger partial charge on any atom is 0.220 e. The summed E-state index contributed by atoms with van der Waals surface area (Å²) in [4.78, 5) is 9.52. The summed E-state index contributed by atoms with van der Waals surface area (Å²) >= 11 is 0. The van der Waals surface area contributed by atoms with Crippen LogP contribution >= 0.6 is 0 Å². The molecular formula is C17H23N3O3. The largest absolute Gasteiger partial charge is 0.469 e. The first-order valence-corrected chi connectivity index (χ1v) is 8.52. The standard InChI is InChI=1S/C17H23N3O3/c21-14-9-22-10-15(14)23-17-11-5-1-2-6-12(11)19-16(20-17)13-7-3-4-8-18-13/h3-4,13-15,18,21H,1-2,5-10H2/t13?,14-,15-/m1/s1. The fourth-order valence-electron chi connectivity index (χ4n) is 3.42. The van der Waals surface area contributed by atoms with Crippen molar-refractivity contribution < 1.29 is 14.6 Å². The number of aryl methyl sites for hydroxylation is 1.